The lowest BCUT2D eigenvalue weighted by molar-refractivity contribution is -0.281. The van der Waals surface area contributed by atoms with Gasteiger partial charge in [-0.15, -0.1) is 0 Å². The molecule has 0 radical (unpaired) electrons. The van der Waals surface area contributed by atoms with Crippen molar-refractivity contribution in [1.29, 1.82) is 0 Å². The first-order chi connectivity index (χ1) is 9.66. The summed E-state index contributed by atoms with van der Waals surface area (Å²) >= 11 is 0. The van der Waals surface area contributed by atoms with E-state index in [4.69, 9.17) is 4.74 Å². The second kappa shape index (κ2) is 7.20. The van der Waals surface area contributed by atoms with Crippen molar-refractivity contribution < 1.29 is 27.8 Å². The molecule has 6 heteroatoms. The Balaban J connectivity index is 5.35. The molecular formula is C16H29F3O3. The maximum atomic E-state index is 13.0. The van der Waals surface area contributed by atoms with E-state index < -0.39 is 35.2 Å². The van der Waals surface area contributed by atoms with Crippen molar-refractivity contribution in [2.24, 2.45) is 17.3 Å². The van der Waals surface area contributed by atoms with Crippen LogP contribution in [-0.4, -0.2) is 29.0 Å². The van der Waals surface area contributed by atoms with Crippen LogP contribution >= 0.6 is 0 Å². The third kappa shape index (κ3) is 5.14. The van der Waals surface area contributed by atoms with Crippen LogP contribution in [0.15, 0.2) is 0 Å². The summed E-state index contributed by atoms with van der Waals surface area (Å²) in [4.78, 5) is 12.2. The highest BCUT2D eigenvalue weighted by Crippen LogP contribution is 2.40. The first kappa shape index (κ1) is 21.2. The average molecular weight is 326 g/mol. The topological polar surface area (TPSA) is 46.5 Å². The van der Waals surface area contributed by atoms with Gasteiger partial charge in [-0.1, -0.05) is 27.7 Å². The smallest absolute Gasteiger partial charge is 0.417 e. The summed E-state index contributed by atoms with van der Waals surface area (Å²) in [5.74, 6) is -1.76. The lowest BCUT2D eigenvalue weighted by Crippen LogP contribution is -2.53. The number of alkyl halides is 3. The molecule has 22 heavy (non-hydrogen) atoms. The van der Waals surface area contributed by atoms with E-state index in [1.54, 1.807) is 13.8 Å². The third-order valence-electron chi connectivity index (χ3n) is 4.42. The van der Waals surface area contributed by atoms with Crippen molar-refractivity contribution in [2.75, 3.05) is 0 Å². The standard InChI is InChI=1S/C16H29F3O3/c1-8-14(5,6)13(20)22-12(9-10(2)3)11(4)15(7,21)16(17,18)19/h10-12,21H,8-9H2,1-7H3. The predicted octanol–water partition coefficient (Wildman–Crippen LogP) is 4.33. The van der Waals surface area contributed by atoms with Crippen molar-refractivity contribution in [2.45, 2.75) is 79.2 Å². The van der Waals surface area contributed by atoms with Gasteiger partial charge in [0.15, 0.2) is 5.60 Å². The van der Waals surface area contributed by atoms with Gasteiger partial charge in [-0.2, -0.15) is 13.2 Å². The van der Waals surface area contributed by atoms with E-state index in [1.807, 2.05) is 20.8 Å². The molecule has 0 fully saturated rings. The number of carbonyl (C=O) groups excluding carboxylic acids is 1. The summed E-state index contributed by atoms with van der Waals surface area (Å²) in [5, 5.41) is 9.86. The molecule has 132 valence electrons. The van der Waals surface area contributed by atoms with Crippen LogP contribution in [-0.2, 0) is 9.53 Å². The van der Waals surface area contributed by atoms with E-state index in [-0.39, 0.29) is 12.3 Å². The quantitative estimate of drug-likeness (QED) is 0.708. The molecule has 0 amide bonds. The molecule has 0 aliphatic heterocycles. The predicted molar refractivity (Wildman–Crippen MR) is 79.2 cm³/mol. The van der Waals surface area contributed by atoms with Crippen LogP contribution in [0, 0.1) is 17.3 Å². The Morgan fingerprint density at radius 3 is 1.91 bits per heavy atom. The fourth-order valence-electron chi connectivity index (χ4n) is 1.88. The molecule has 0 spiro atoms. The molecule has 0 saturated carbocycles. The molecule has 0 saturated heterocycles. The van der Waals surface area contributed by atoms with Gasteiger partial charge < -0.3 is 9.84 Å². The van der Waals surface area contributed by atoms with Gasteiger partial charge in [0.25, 0.3) is 0 Å². The van der Waals surface area contributed by atoms with Crippen LogP contribution < -0.4 is 0 Å². The van der Waals surface area contributed by atoms with E-state index in [0.29, 0.717) is 6.42 Å². The van der Waals surface area contributed by atoms with Gasteiger partial charge in [-0.3, -0.25) is 4.79 Å². The van der Waals surface area contributed by atoms with Gasteiger partial charge in [-0.05, 0) is 39.5 Å². The van der Waals surface area contributed by atoms with E-state index in [9.17, 15) is 23.1 Å². The van der Waals surface area contributed by atoms with Crippen LogP contribution in [0.25, 0.3) is 0 Å². The first-order valence-corrected chi connectivity index (χ1v) is 7.67. The number of hydrogen-bond acceptors (Lipinski definition) is 3. The number of aliphatic hydroxyl groups is 1. The fourth-order valence-corrected chi connectivity index (χ4v) is 1.88. The Labute approximate surface area is 131 Å². The van der Waals surface area contributed by atoms with Crippen LogP contribution in [0.4, 0.5) is 13.2 Å². The van der Waals surface area contributed by atoms with Gasteiger partial charge in [-0.25, -0.2) is 0 Å². The van der Waals surface area contributed by atoms with Crippen molar-refractivity contribution in [3.63, 3.8) is 0 Å². The number of rotatable bonds is 7. The molecule has 0 bridgehead atoms. The summed E-state index contributed by atoms with van der Waals surface area (Å²) in [6, 6.07) is 0. The molecule has 0 aromatic carbocycles. The highest BCUT2D eigenvalue weighted by molar-refractivity contribution is 5.76. The number of carbonyl (C=O) groups is 1. The summed E-state index contributed by atoms with van der Waals surface area (Å²) in [6.45, 7) is 10.9. The zero-order chi connectivity index (χ0) is 17.9. The zero-order valence-corrected chi connectivity index (χ0v) is 14.5. The summed E-state index contributed by atoms with van der Waals surface area (Å²) in [7, 11) is 0. The number of ether oxygens (including phenoxy) is 1. The summed E-state index contributed by atoms with van der Waals surface area (Å²) in [5.41, 5.74) is -3.68. The van der Waals surface area contributed by atoms with Crippen LogP contribution in [0.1, 0.15) is 61.3 Å². The highest BCUT2D eigenvalue weighted by Gasteiger charge is 2.56. The van der Waals surface area contributed by atoms with Crippen molar-refractivity contribution in [3.8, 4) is 0 Å². The summed E-state index contributed by atoms with van der Waals surface area (Å²) < 4.78 is 44.4. The molecule has 0 heterocycles. The van der Waals surface area contributed by atoms with E-state index in [0.717, 1.165) is 6.92 Å². The molecule has 0 aromatic heterocycles. The number of esters is 1. The third-order valence-corrected chi connectivity index (χ3v) is 4.42. The lowest BCUT2D eigenvalue weighted by Gasteiger charge is -2.38. The molecule has 3 unspecified atom stereocenters. The Bertz CT molecular complexity index is 373. The minimum absolute atomic E-state index is 0.0361. The second-order valence-electron chi connectivity index (χ2n) is 7.24. The van der Waals surface area contributed by atoms with Crippen molar-refractivity contribution >= 4 is 5.97 Å². The lowest BCUT2D eigenvalue weighted by atomic mass is 9.82. The van der Waals surface area contributed by atoms with Gasteiger partial charge in [0, 0.05) is 5.92 Å². The number of hydrogen-bond donors (Lipinski definition) is 1. The molecule has 0 aliphatic carbocycles. The molecule has 1 N–H and O–H groups in total. The maximum absolute atomic E-state index is 13.0. The van der Waals surface area contributed by atoms with E-state index >= 15 is 0 Å². The Morgan fingerprint density at radius 2 is 1.59 bits per heavy atom. The largest absolute Gasteiger partial charge is 0.462 e. The van der Waals surface area contributed by atoms with Crippen molar-refractivity contribution in [1.82, 2.24) is 0 Å². The Hall–Kier alpha value is -0.780. The maximum Gasteiger partial charge on any atom is 0.417 e. The van der Waals surface area contributed by atoms with Gasteiger partial charge >= 0.3 is 12.1 Å². The van der Waals surface area contributed by atoms with Gasteiger partial charge in [0.1, 0.15) is 6.10 Å². The molecule has 0 aromatic rings. The van der Waals surface area contributed by atoms with E-state index in [2.05, 4.69) is 0 Å². The normalized spacial score (nSPS) is 18.7. The molecule has 0 rings (SSSR count). The monoisotopic (exact) mass is 326 g/mol. The van der Waals surface area contributed by atoms with Crippen molar-refractivity contribution in [3.05, 3.63) is 0 Å². The first-order valence-electron chi connectivity index (χ1n) is 7.67. The minimum atomic E-state index is -4.78. The van der Waals surface area contributed by atoms with Crippen LogP contribution in [0.3, 0.4) is 0 Å². The molecule has 3 nitrogen and oxygen atoms in total. The number of halogens is 3. The van der Waals surface area contributed by atoms with Gasteiger partial charge in [0.2, 0.25) is 0 Å². The minimum Gasteiger partial charge on any atom is -0.462 e. The Morgan fingerprint density at radius 1 is 1.14 bits per heavy atom. The molecule has 3 atom stereocenters. The fraction of sp³-hybridized carbons (Fsp3) is 0.938. The second-order valence-corrected chi connectivity index (χ2v) is 7.24. The highest BCUT2D eigenvalue weighted by atomic mass is 19.4. The van der Waals surface area contributed by atoms with Crippen LogP contribution in [0.5, 0.6) is 0 Å². The Kier molecular flexibility index (Phi) is 6.94. The average Bonchev–Trinajstić information content (AvgIpc) is 2.34. The molecule has 0 aliphatic rings. The molecular weight excluding hydrogens is 297 g/mol. The van der Waals surface area contributed by atoms with E-state index in [1.165, 1.54) is 6.92 Å². The van der Waals surface area contributed by atoms with Gasteiger partial charge in [0.05, 0.1) is 5.41 Å². The zero-order valence-electron chi connectivity index (χ0n) is 14.5. The van der Waals surface area contributed by atoms with Crippen LogP contribution in [0.2, 0.25) is 0 Å². The SMILES string of the molecule is CCC(C)(C)C(=O)OC(CC(C)C)C(C)C(C)(O)C(F)(F)F. The summed E-state index contributed by atoms with van der Waals surface area (Å²) in [6.07, 6.45) is -4.99.